The summed E-state index contributed by atoms with van der Waals surface area (Å²) in [6, 6.07) is 8.41. The molecule has 1 aromatic rings. The van der Waals surface area contributed by atoms with E-state index in [-0.39, 0.29) is 6.10 Å². The largest absolute Gasteiger partial charge is 0.393 e. The molecular weight excluding hydrogens is 238 g/mol. The molecule has 1 fully saturated rings. The number of aliphatic hydroxyl groups is 1. The van der Waals surface area contributed by atoms with Crippen LogP contribution in [-0.2, 0) is 17.9 Å². The Labute approximate surface area is 116 Å². The summed E-state index contributed by atoms with van der Waals surface area (Å²) in [6.45, 7) is 2.63. The number of nitrogens with one attached hydrogen (secondary N) is 1. The maximum absolute atomic E-state index is 9.49. The van der Waals surface area contributed by atoms with Crippen molar-refractivity contribution >= 4 is 0 Å². The van der Waals surface area contributed by atoms with Gasteiger partial charge >= 0.3 is 0 Å². The summed E-state index contributed by atoms with van der Waals surface area (Å²) in [5, 5.41) is 13.0. The predicted octanol–water partition coefficient (Wildman–Crippen LogP) is 2.47. The van der Waals surface area contributed by atoms with E-state index >= 15 is 0 Å². The summed E-state index contributed by atoms with van der Waals surface area (Å²) in [4.78, 5) is 0. The van der Waals surface area contributed by atoms with Crippen molar-refractivity contribution in [2.45, 2.75) is 44.9 Å². The van der Waals surface area contributed by atoms with E-state index in [0.717, 1.165) is 44.7 Å². The number of rotatable bonds is 6. The second-order valence-electron chi connectivity index (χ2n) is 5.51. The quantitative estimate of drug-likeness (QED) is 0.828. The number of hydrogen-bond donors (Lipinski definition) is 2. The van der Waals surface area contributed by atoms with Crippen LogP contribution in [0.3, 0.4) is 0 Å². The summed E-state index contributed by atoms with van der Waals surface area (Å²) in [5.41, 5.74) is 2.58. The third kappa shape index (κ3) is 4.60. The highest BCUT2D eigenvalue weighted by molar-refractivity contribution is 5.26. The first-order chi connectivity index (χ1) is 9.29. The zero-order chi connectivity index (χ0) is 13.5. The highest BCUT2D eigenvalue weighted by atomic mass is 16.5. The smallest absolute Gasteiger partial charge is 0.0716 e. The number of hydrogen-bond acceptors (Lipinski definition) is 3. The molecule has 1 saturated carbocycles. The Bertz CT molecular complexity index is 373. The highest BCUT2D eigenvalue weighted by Gasteiger charge is 2.18. The van der Waals surface area contributed by atoms with Gasteiger partial charge in [-0.05, 0) is 49.3 Å². The molecule has 0 saturated heterocycles. The van der Waals surface area contributed by atoms with E-state index in [0.29, 0.717) is 6.61 Å². The van der Waals surface area contributed by atoms with E-state index < -0.39 is 0 Å². The summed E-state index contributed by atoms with van der Waals surface area (Å²) in [7, 11) is 1.73. The van der Waals surface area contributed by atoms with Crippen molar-refractivity contribution in [3.63, 3.8) is 0 Å². The van der Waals surface area contributed by atoms with Crippen LogP contribution < -0.4 is 5.32 Å². The SMILES string of the molecule is COCc1ccccc1CNCC1CCC(O)CC1. The Hall–Kier alpha value is -0.900. The van der Waals surface area contributed by atoms with Crippen LogP contribution in [0.1, 0.15) is 36.8 Å². The van der Waals surface area contributed by atoms with E-state index in [1.807, 2.05) is 0 Å². The lowest BCUT2D eigenvalue weighted by atomic mass is 9.87. The molecule has 0 amide bonds. The molecule has 3 heteroatoms. The van der Waals surface area contributed by atoms with Crippen molar-refractivity contribution in [3.05, 3.63) is 35.4 Å². The molecule has 2 N–H and O–H groups in total. The van der Waals surface area contributed by atoms with Crippen LogP contribution >= 0.6 is 0 Å². The van der Waals surface area contributed by atoms with Crippen molar-refractivity contribution in [1.29, 1.82) is 0 Å². The molecule has 2 rings (SSSR count). The molecule has 0 aliphatic heterocycles. The van der Waals surface area contributed by atoms with E-state index in [4.69, 9.17) is 4.74 Å². The van der Waals surface area contributed by atoms with Crippen molar-refractivity contribution in [2.24, 2.45) is 5.92 Å². The average Bonchev–Trinajstić information content (AvgIpc) is 2.43. The minimum atomic E-state index is -0.0568. The molecule has 19 heavy (non-hydrogen) atoms. The molecule has 0 bridgehead atoms. The Morgan fingerprint density at radius 3 is 2.53 bits per heavy atom. The van der Waals surface area contributed by atoms with Gasteiger partial charge < -0.3 is 15.2 Å². The Morgan fingerprint density at radius 1 is 1.16 bits per heavy atom. The Morgan fingerprint density at radius 2 is 1.84 bits per heavy atom. The van der Waals surface area contributed by atoms with E-state index in [1.54, 1.807) is 7.11 Å². The minimum Gasteiger partial charge on any atom is -0.393 e. The fraction of sp³-hybridized carbons (Fsp3) is 0.625. The van der Waals surface area contributed by atoms with Gasteiger partial charge in [0.15, 0.2) is 0 Å². The van der Waals surface area contributed by atoms with E-state index in [9.17, 15) is 5.11 Å². The lowest BCUT2D eigenvalue weighted by Crippen LogP contribution is -2.28. The summed E-state index contributed by atoms with van der Waals surface area (Å²) >= 11 is 0. The first-order valence-electron chi connectivity index (χ1n) is 7.24. The second kappa shape index (κ2) is 7.63. The van der Waals surface area contributed by atoms with Gasteiger partial charge in [0.05, 0.1) is 12.7 Å². The molecule has 1 aliphatic rings. The topological polar surface area (TPSA) is 41.5 Å². The molecule has 0 spiro atoms. The van der Waals surface area contributed by atoms with Gasteiger partial charge in [0, 0.05) is 13.7 Å². The predicted molar refractivity (Wildman–Crippen MR) is 76.8 cm³/mol. The Kier molecular flexibility index (Phi) is 5.83. The van der Waals surface area contributed by atoms with Crippen LogP contribution in [0.2, 0.25) is 0 Å². The van der Waals surface area contributed by atoms with Gasteiger partial charge in [-0.25, -0.2) is 0 Å². The van der Waals surface area contributed by atoms with Gasteiger partial charge in [-0.15, -0.1) is 0 Å². The lowest BCUT2D eigenvalue weighted by molar-refractivity contribution is 0.108. The van der Waals surface area contributed by atoms with Crippen molar-refractivity contribution in [3.8, 4) is 0 Å². The number of aliphatic hydroxyl groups excluding tert-OH is 1. The molecule has 3 nitrogen and oxygen atoms in total. The summed E-state index contributed by atoms with van der Waals surface area (Å²) < 4.78 is 5.22. The molecule has 1 aliphatic carbocycles. The van der Waals surface area contributed by atoms with Gasteiger partial charge in [0.1, 0.15) is 0 Å². The molecule has 0 aromatic heterocycles. The third-order valence-corrected chi connectivity index (χ3v) is 3.98. The molecule has 0 heterocycles. The first-order valence-corrected chi connectivity index (χ1v) is 7.24. The van der Waals surface area contributed by atoms with E-state index in [2.05, 4.69) is 29.6 Å². The van der Waals surface area contributed by atoms with Crippen LogP contribution in [0.4, 0.5) is 0 Å². The standard InChI is InChI=1S/C16H25NO2/c1-19-12-15-5-3-2-4-14(15)11-17-10-13-6-8-16(18)9-7-13/h2-5,13,16-18H,6-12H2,1H3. The second-order valence-corrected chi connectivity index (χ2v) is 5.51. The van der Waals surface area contributed by atoms with Crippen molar-refractivity contribution < 1.29 is 9.84 Å². The van der Waals surface area contributed by atoms with Gasteiger partial charge in [-0.3, -0.25) is 0 Å². The maximum Gasteiger partial charge on any atom is 0.0716 e. The molecule has 0 atom stereocenters. The maximum atomic E-state index is 9.49. The molecule has 1 aromatic carbocycles. The molecule has 0 radical (unpaired) electrons. The van der Waals surface area contributed by atoms with E-state index in [1.165, 1.54) is 11.1 Å². The third-order valence-electron chi connectivity index (χ3n) is 3.98. The average molecular weight is 263 g/mol. The van der Waals surface area contributed by atoms with Gasteiger partial charge in [-0.2, -0.15) is 0 Å². The first kappa shape index (κ1) is 14.5. The summed E-state index contributed by atoms with van der Waals surface area (Å²) in [5.74, 6) is 0.720. The highest BCUT2D eigenvalue weighted by Crippen LogP contribution is 2.23. The molecule has 0 unspecified atom stereocenters. The van der Waals surface area contributed by atoms with Gasteiger partial charge in [0.2, 0.25) is 0 Å². The van der Waals surface area contributed by atoms with Crippen LogP contribution in [0.25, 0.3) is 0 Å². The number of benzene rings is 1. The van der Waals surface area contributed by atoms with Crippen molar-refractivity contribution in [1.82, 2.24) is 5.32 Å². The van der Waals surface area contributed by atoms with Crippen molar-refractivity contribution in [2.75, 3.05) is 13.7 Å². The fourth-order valence-electron chi connectivity index (χ4n) is 2.79. The normalized spacial score (nSPS) is 23.5. The fourth-order valence-corrected chi connectivity index (χ4v) is 2.79. The number of methoxy groups -OCH3 is 1. The lowest BCUT2D eigenvalue weighted by Gasteiger charge is -2.25. The van der Waals surface area contributed by atoms with Crippen LogP contribution in [0.15, 0.2) is 24.3 Å². The number of ether oxygens (including phenoxy) is 1. The van der Waals surface area contributed by atoms with Gasteiger partial charge in [-0.1, -0.05) is 24.3 Å². The summed E-state index contributed by atoms with van der Waals surface area (Å²) in [6.07, 6.45) is 4.17. The Balaban J connectivity index is 1.76. The monoisotopic (exact) mass is 263 g/mol. The zero-order valence-corrected chi connectivity index (χ0v) is 11.8. The van der Waals surface area contributed by atoms with Crippen LogP contribution in [0, 0.1) is 5.92 Å². The van der Waals surface area contributed by atoms with Crippen LogP contribution in [-0.4, -0.2) is 24.9 Å². The van der Waals surface area contributed by atoms with Crippen LogP contribution in [0.5, 0.6) is 0 Å². The molecule has 106 valence electrons. The zero-order valence-electron chi connectivity index (χ0n) is 11.8. The molecular formula is C16H25NO2. The van der Waals surface area contributed by atoms with Gasteiger partial charge in [0.25, 0.3) is 0 Å². The minimum absolute atomic E-state index is 0.0568.